The number of rotatable bonds is 5. The second-order valence-electron chi connectivity index (χ2n) is 7.69. The van der Waals surface area contributed by atoms with Crippen molar-refractivity contribution < 1.29 is 18.4 Å². The van der Waals surface area contributed by atoms with Gasteiger partial charge in [-0.25, -0.2) is 13.6 Å². The molecule has 164 valence electrons. The minimum Gasteiger partial charge on any atom is -0.322 e. The molecule has 0 saturated carbocycles. The smallest absolute Gasteiger partial charge is 0.322 e. The predicted octanol–water partition coefficient (Wildman–Crippen LogP) is 5.61. The number of hydrogen-bond donors (Lipinski definition) is 1. The molecule has 0 bridgehead atoms. The van der Waals surface area contributed by atoms with E-state index in [0.29, 0.717) is 30.5 Å². The van der Waals surface area contributed by atoms with E-state index in [0.717, 1.165) is 24.1 Å². The quantitative estimate of drug-likeness (QED) is 0.566. The largest absolute Gasteiger partial charge is 0.324 e. The van der Waals surface area contributed by atoms with Crippen molar-refractivity contribution in [1.29, 1.82) is 0 Å². The van der Waals surface area contributed by atoms with Gasteiger partial charge in [0.15, 0.2) is 0 Å². The van der Waals surface area contributed by atoms with Crippen LogP contribution in [-0.2, 0) is 0 Å². The molecular formula is C25H23F2N3O2. The fourth-order valence-electron chi connectivity index (χ4n) is 3.85. The zero-order valence-electron chi connectivity index (χ0n) is 17.6. The second-order valence-corrected chi connectivity index (χ2v) is 7.69. The molecule has 3 amide bonds. The van der Waals surface area contributed by atoms with E-state index in [4.69, 9.17) is 0 Å². The Hall–Kier alpha value is -3.74. The number of carbonyl (C=O) groups excluding carboxylic acids is 2. The van der Waals surface area contributed by atoms with Crippen LogP contribution in [0.3, 0.4) is 0 Å². The summed E-state index contributed by atoms with van der Waals surface area (Å²) in [4.78, 5) is 29.0. The minimum atomic E-state index is -0.925. The van der Waals surface area contributed by atoms with E-state index in [1.165, 1.54) is 0 Å². The van der Waals surface area contributed by atoms with Crippen LogP contribution in [0.4, 0.5) is 25.0 Å². The maximum absolute atomic E-state index is 13.8. The molecule has 1 saturated heterocycles. The highest BCUT2D eigenvalue weighted by atomic mass is 19.1. The predicted molar refractivity (Wildman–Crippen MR) is 120 cm³/mol. The first kappa shape index (κ1) is 21.5. The summed E-state index contributed by atoms with van der Waals surface area (Å²) in [5.41, 5.74) is 1.99. The third-order valence-electron chi connectivity index (χ3n) is 5.62. The van der Waals surface area contributed by atoms with Crippen LogP contribution < -0.4 is 10.2 Å². The van der Waals surface area contributed by atoms with E-state index in [2.05, 4.69) is 5.32 Å². The lowest BCUT2D eigenvalue weighted by Crippen LogP contribution is -2.50. The molecule has 0 radical (unpaired) electrons. The normalized spacial score (nSPS) is 14.9. The molecule has 5 nitrogen and oxygen atoms in total. The molecule has 1 atom stereocenters. The van der Waals surface area contributed by atoms with Crippen LogP contribution >= 0.6 is 0 Å². The molecular weight excluding hydrogens is 412 g/mol. The lowest BCUT2D eigenvalue weighted by Gasteiger charge is -2.39. The molecule has 1 N–H and O–H groups in total. The molecule has 0 unspecified atom stereocenters. The number of hydrogen-bond acceptors (Lipinski definition) is 2. The SMILES string of the molecule is C[C@@H](c1ccccc1)N1CCCN(c2ccc(NC(=O)c3ccc(F)cc3F)cc2)C1=O. The van der Waals surface area contributed by atoms with Crippen LogP contribution in [0.5, 0.6) is 0 Å². The van der Waals surface area contributed by atoms with Gasteiger partial charge in [-0.2, -0.15) is 0 Å². The summed E-state index contributed by atoms with van der Waals surface area (Å²) in [7, 11) is 0. The first-order chi connectivity index (χ1) is 15.4. The van der Waals surface area contributed by atoms with Crippen LogP contribution in [0, 0.1) is 11.6 Å². The zero-order chi connectivity index (χ0) is 22.7. The Morgan fingerprint density at radius 3 is 2.38 bits per heavy atom. The fraction of sp³-hybridized carbons (Fsp3) is 0.200. The van der Waals surface area contributed by atoms with Gasteiger partial charge in [-0.15, -0.1) is 0 Å². The summed E-state index contributed by atoms with van der Waals surface area (Å²) in [5.74, 6) is -2.34. The van der Waals surface area contributed by atoms with Gasteiger partial charge in [0.2, 0.25) is 0 Å². The molecule has 1 heterocycles. The lowest BCUT2D eigenvalue weighted by molar-refractivity contribution is 0.102. The van der Waals surface area contributed by atoms with Crippen molar-refractivity contribution in [2.45, 2.75) is 19.4 Å². The van der Waals surface area contributed by atoms with Crippen molar-refractivity contribution in [3.8, 4) is 0 Å². The van der Waals surface area contributed by atoms with E-state index in [9.17, 15) is 18.4 Å². The summed E-state index contributed by atoms with van der Waals surface area (Å²) >= 11 is 0. The van der Waals surface area contributed by atoms with E-state index >= 15 is 0 Å². The molecule has 1 aliphatic rings. The Labute approximate surface area is 185 Å². The number of benzene rings is 3. The van der Waals surface area contributed by atoms with Crippen LogP contribution in [0.2, 0.25) is 0 Å². The summed E-state index contributed by atoms with van der Waals surface area (Å²) in [6.45, 7) is 3.30. The standard InChI is InChI=1S/C25H23F2N3O2/c1-17(18-6-3-2-4-7-18)29-14-5-15-30(25(29)32)21-11-9-20(10-12-21)28-24(31)22-13-8-19(26)16-23(22)27/h2-4,6-13,16-17H,5,14-15H2,1H3,(H,28,31)/t17-/m0/s1. The van der Waals surface area contributed by atoms with Crippen LogP contribution in [0.25, 0.3) is 0 Å². The third-order valence-corrected chi connectivity index (χ3v) is 5.62. The minimum absolute atomic E-state index is 0.0457. The number of amides is 3. The molecule has 4 rings (SSSR count). The highest BCUT2D eigenvalue weighted by Crippen LogP contribution is 2.28. The number of nitrogens with one attached hydrogen (secondary N) is 1. The van der Waals surface area contributed by atoms with Gasteiger partial charge in [-0.3, -0.25) is 9.69 Å². The Bertz CT molecular complexity index is 1120. The van der Waals surface area contributed by atoms with E-state index in [-0.39, 0.29) is 17.6 Å². The second kappa shape index (κ2) is 9.18. The monoisotopic (exact) mass is 435 g/mol. The maximum Gasteiger partial charge on any atom is 0.324 e. The maximum atomic E-state index is 13.8. The van der Waals surface area contributed by atoms with Gasteiger partial charge in [-0.05, 0) is 55.3 Å². The Morgan fingerprint density at radius 1 is 0.969 bits per heavy atom. The number of nitrogens with zero attached hydrogens (tertiary/aromatic N) is 2. The van der Waals surface area contributed by atoms with Crippen LogP contribution in [0.1, 0.15) is 35.3 Å². The van der Waals surface area contributed by atoms with E-state index < -0.39 is 17.5 Å². The number of anilines is 2. The number of halogens is 2. The van der Waals surface area contributed by atoms with E-state index in [1.54, 1.807) is 29.2 Å². The summed E-state index contributed by atoms with van der Waals surface area (Å²) in [6, 6.07) is 19.4. The molecule has 32 heavy (non-hydrogen) atoms. The zero-order valence-corrected chi connectivity index (χ0v) is 17.6. The Balaban J connectivity index is 1.46. The Kier molecular flexibility index (Phi) is 6.16. The van der Waals surface area contributed by atoms with Gasteiger partial charge < -0.3 is 10.2 Å². The third kappa shape index (κ3) is 4.46. The van der Waals surface area contributed by atoms with Gasteiger partial charge in [0, 0.05) is 30.5 Å². The van der Waals surface area contributed by atoms with Gasteiger partial charge in [0.05, 0.1) is 11.6 Å². The lowest BCUT2D eigenvalue weighted by atomic mass is 10.1. The fourth-order valence-corrected chi connectivity index (χ4v) is 3.85. The molecule has 1 aliphatic heterocycles. The average Bonchev–Trinajstić information content (AvgIpc) is 2.80. The van der Waals surface area contributed by atoms with Crippen LogP contribution in [-0.4, -0.2) is 29.9 Å². The molecule has 0 aromatic heterocycles. The number of carbonyl (C=O) groups is 2. The molecule has 3 aromatic rings. The van der Waals surface area contributed by atoms with Crippen molar-refractivity contribution in [2.75, 3.05) is 23.3 Å². The summed E-state index contributed by atoms with van der Waals surface area (Å²) < 4.78 is 26.9. The van der Waals surface area contributed by atoms with Crippen molar-refractivity contribution in [3.05, 3.63) is 95.6 Å². The van der Waals surface area contributed by atoms with Crippen molar-refractivity contribution >= 4 is 23.3 Å². The molecule has 7 heteroatoms. The molecule has 0 aliphatic carbocycles. The first-order valence-corrected chi connectivity index (χ1v) is 10.4. The van der Waals surface area contributed by atoms with Crippen molar-refractivity contribution in [3.63, 3.8) is 0 Å². The van der Waals surface area contributed by atoms with Crippen LogP contribution in [0.15, 0.2) is 72.8 Å². The molecule has 1 fully saturated rings. The summed E-state index contributed by atoms with van der Waals surface area (Å²) in [5, 5.41) is 2.59. The van der Waals surface area contributed by atoms with Gasteiger partial charge >= 0.3 is 6.03 Å². The summed E-state index contributed by atoms with van der Waals surface area (Å²) in [6.07, 6.45) is 0.839. The Morgan fingerprint density at radius 2 is 1.69 bits per heavy atom. The average molecular weight is 435 g/mol. The van der Waals surface area contributed by atoms with Gasteiger partial charge in [0.25, 0.3) is 5.91 Å². The van der Waals surface area contributed by atoms with Gasteiger partial charge in [0.1, 0.15) is 11.6 Å². The highest BCUT2D eigenvalue weighted by molar-refractivity contribution is 6.04. The topological polar surface area (TPSA) is 52.6 Å². The van der Waals surface area contributed by atoms with Crippen molar-refractivity contribution in [2.24, 2.45) is 0 Å². The molecule has 0 spiro atoms. The highest BCUT2D eigenvalue weighted by Gasteiger charge is 2.30. The van der Waals surface area contributed by atoms with Gasteiger partial charge in [-0.1, -0.05) is 30.3 Å². The van der Waals surface area contributed by atoms with E-state index in [1.807, 2.05) is 42.2 Å². The number of urea groups is 1. The van der Waals surface area contributed by atoms with Crippen molar-refractivity contribution in [1.82, 2.24) is 4.90 Å². The first-order valence-electron chi connectivity index (χ1n) is 10.4. The molecule has 3 aromatic carbocycles.